The van der Waals surface area contributed by atoms with Crippen LogP contribution in [0.25, 0.3) is 0 Å². The fourth-order valence-corrected chi connectivity index (χ4v) is 1.91. The third-order valence-corrected chi connectivity index (χ3v) is 2.85. The van der Waals surface area contributed by atoms with Crippen molar-refractivity contribution in [1.82, 2.24) is 4.90 Å². The number of nitro groups is 1. The van der Waals surface area contributed by atoms with E-state index in [1.165, 1.54) is 23.1 Å². The molecule has 0 aromatic heterocycles. The Bertz CT molecular complexity index is 485. The molecule has 1 aromatic carbocycles. The second-order valence-electron chi connectivity index (χ2n) is 3.76. The lowest BCUT2D eigenvalue weighted by molar-refractivity contribution is -0.385. The lowest BCUT2D eigenvalue weighted by Gasteiger charge is -2.35. The number of aliphatic hydroxyl groups is 1. The van der Waals surface area contributed by atoms with Crippen LogP contribution in [0.4, 0.5) is 5.69 Å². The number of rotatable bonds is 2. The van der Waals surface area contributed by atoms with Gasteiger partial charge in [-0.1, -0.05) is 17.7 Å². The summed E-state index contributed by atoms with van der Waals surface area (Å²) in [7, 11) is 0. The molecule has 0 bridgehead atoms. The largest absolute Gasteiger partial charge is 0.389 e. The summed E-state index contributed by atoms with van der Waals surface area (Å²) in [6.45, 7) is 0.394. The van der Waals surface area contributed by atoms with E-state index < -0.39 is 16.9 Å². The molecule has 1 aliphatic heterocycles. The fraction of sp³-hybridized carbons (Fsp3) is 0.300. The number of likely N-dealkylation sites (tertiary alicyclic amines) is 1. The third-order valence-electron chi connectivity index (χ3n) is 2.55. The van der Waals surface area contributed by atoms with Crippen LogP contribution in [-0.4, -0.2) is 40.0 Å². The number of hydrogen-bond donors (Lipinski definition) is 1. The molecule has 1 fully saturated rings. The number of carbonyl (C=O) groups is 1. The number of β-amino-alcohol motifs (C(OH)–C–C–N with tert-alkyl or cyclic N) is 1. The summed E-state index contributed by atoms with van der Waals surface area (Å²) in [5.74, 6) is -0.482. The molecule has 0 aliphatic carbocycles. The molecule has 7 heteroatoms. The van der Waals surface area contributed by atoms with Gasteiger partial charge in [-0.3, -0.25) is 14.9 Å². The highest BCUT2D eigenvalue weighted by molar-refractivity contribution is 6.33. The van der Waals surface area contributed by atoms with E-state index in [1.807, 2.05) is 0 Å². The Hall–Kier alpha value is -1.66. The minimum atomic E-state index is -0.675. The third kappa shape index (κ3) is 2.09. The molecule has 2 rings (SSSR count). The zero-order chi connectivity index (χ0) is 12.6. The number of carbonyl (C=O) groups excluding carboxylic acids is 1. The van der Waals surface area contributed by atoms with Crippen LogP contribution in [0.1, 0.15) is 10.4 Å². The minimum Gasteiger partial charge on any atom is -0.389 e. The van der Waals surface area contributed by atoms with E-state index >= 15 is 0 Å². The molecule has 17 heavy (non-hydrogen) atoms. The maximum Gasteiger partial charge on any atom is 0.300 e. The van der Waals surface area contributed by atoms with Crippen molar-refractivity contribution in [3.63, 3.8) is 0 Å². The lowest BCUT2D eigenvalue weighted by atomic mass is 10.1. The van der Waals surface area contributed by atoms with Gasteiger partial charge in [0.2, 0.25) is 0 Å². The summed E-state index contributed by atoms with van der Waals surface area (Å²) >= 11 is 5.70. The standard InChI is InChI=1S/C10H9ClN2O4/c11-8-3-1-2-7(9(8)13(16)17)10(15)12-4-6(14)5-12/h1-3,6,14H,4-5H2. The predicted molar refractivity (Wildman–Crippen MR) is 60.0 cm³/mol. The highest BCUT2D eigenvalue weighted by Gasteiger charge is 2.33. The van der Waals surface area contributed by atoms with Crippen molar-refractivity contribution in [2.75, 3.05) is 13.1 Å². The summed E-state index contributed by atoms with van der Waals surface area (Å²) in [5.41, 5.74) is -0.435. The lowest BCUT2D eigenvalue weighted by Crippen LogP contribution is -2.53. The van der Waals surface area contributed by atoms with Crippen LogP contribution in [0.5, 0.6) is 0 Å². The Labute approximate surface area is 102 Å². The van der Waals surface area contributed by atoms with Gasteiger partial charge in [0.15, 0.2) is 0 Å². The number of para-hydroxylation sites is 1. The van der Waals surface area contributed by atoms with Crippen LogP contribution in [0.2, 0.25) is 5.02 Å². The zero-order valence-electron chi connectivity index (χ0n) is 8.67. The second kappa shape index (κ2) is 4.31. The van der Waals surface area contributed by atoms with E-state index in [9.17, 15) is 14.9 Å². The fourth-order valence-electron chi connectivity index (χ4n) is 1.66. The van der Waals surface area contributed by atoms with Crippen LogP contribution in [0.3, 0.4) is 0 Å². The van der Waals surface area contributed by atoms with Gasteiger partial charge in [-0.05, 0) is 12.1 Å². The van der Waals surface area contributed by atoms with Crippen molar-refractivity contribution >= 4 is 23.2 Å². The number of aliphatic hydroxyl groups excluding tert-OH is 1. The first kappa shape index (κ1) is 11.8. The van der Waals surface area contributed by atoms with Crippen LogP contribution in [0.15, 0.2) is 18.2 Å². The molecule has 0 unspecified atom stereocenters. The van der Waals surface area contributed by atoms with Crippen molar-refractivity contribution in [2.45, 2.75) is 6.10 Å². The number of nitro benzene ring substituents is 1. The Morgan fingerprint density at radius 2 is 2.18 bits per heavy atom. The molecule has 1 aromatic rings. The molecular weight excluding hydrogens is 248 g/mol. The average molecular weight is 257 g/mol. The topological polar surface area (TPSA) is 83.7 Å². The predicted octanol–water partition coefficient (Wildman–Crippen LogP) is 1.06. The molecule has 1 heterocycles. The minimum absolute atomic E-state index is 0.0469. The maximum absolute atomic E-state index is 11.9. The van der Waals surface area contributed by atoms with Crippen molar-refractivity contribution in [2.24, 2.45) is 0 Å². The molecule has 1 amide bonds. The number of benzene rings is 1. The maximum atomic E-state index is 11.9. The van der Waals surface area contributed by atoms with Gasteiger partial charge in [0.25, 0.3) is 5.91 Å². The van der Waals surface area contributed by atoms with E-state index in [4.69, 9.17) is 16.7 Å². The summed E-state index contributed by atoms with van der Waals surface area (Å²) in [6.07, 6.45) is -0.544. The highest BCUT2D eigenvalue weighted by Crippen LogP contribution is 2.29. The molecule has 1 N–H and O–H groups in total. The molecule has 1 aliphatic rings. The van der Waals surface area contributed by atoms with Crippen LogP contribution in [-0.2, 0) is 0 Å². The highest BCUT2D eigenvalue weighted by atomic mass is 35.5. The van der Waals surface area contributed by atoms with Crippen LogP contribution in [0, 0.1) is 10.1 Å². The van der Waals surface area contributed by atoms with E-state index in [0.29, 0.717) is 0 Å². The van der Waals surface area contributed by atoms with Crippen LogP contribution < -0.4 is 0 Å². The van der Waals surface area contributed by atoms with Gasteiger partial charge in [0.05, 0.1) is 11.0 Å². The zero-order valence-corrected chi connectivity index (χ0v) is 9.42. The number of amides is 1. The second-order valence-corrected chi connectivity index (χ2v) is 4.16. The molecule has 0 saturated carbocycles. The molecule has 1 saturated heterocycles. The van der Waals surface area contributed by atoms with Gasteiger partial charge in [0.1, 0.15) is 10.6 Å². The Kier molecular flexibility index (Phi) is 2.99. The average Bonchev–Trinajstić information content (AvgIpc) is 2.23. The van der Waals surface area contributed by atoms with Gasteiger partial charge < -0.3 is 10.0 Å². The molecule has 6 nitrogen and oxygen atoms in total. The first-order chi connectivity index (χ1) is 8.00. The van der Waals surface area contributed by atoms with Crippen molar-refractivity contribution in [3.05, 3.63) is 38.9 Å². The number of nitrogens with zero attached hydrogens (tertiary/aromatic N) is 2. The van der Waals surface area contributed by atoms with Gasteiger partial charge in [-0.2, -0.15) is 0 Å². The quantitative estimate of drug-likeness (QED) is 0.634. The molecule has 0 spiro atoms. The summed E-state index contributed by atoms with van der Waals surface area (Å²) in [6, 6.07) is 4.21. The number of halogens is 1. The smallest absolute Gasteiger partial charge is 0.300 e. The molecule has 0 atom stereocenters. The molecular formula is C10H9ClN2O4. The van der Waals surface area contributed by atoms with Crippen molar-refractivity contribution < 1.29 is 14.8 Å². The monoisotopic (exact) mass is 256 g/mol. The van der Waals surface area contributed by atoms with E-state index in [1.54, 1.807) is 0 Å². The van der Waals surface area contributed by atoms with E-state index in [-0.39, 0.29) is 29.4 Å². The molecule has 0 radical (unpaired) electrons. The van der Waals surface area contributed by atoms with E-state index in [0.717, 1.165) is 0 Å². The van der Waals surface area contributed by atoms with E-state index in [2.05, 4.69) is 0 Å². The Balaban J connectivity index is 2.35. The Morgan fingerprint density at radius 3 is 2.71 bits per heavy atom. The Morgan fingerprint density at radius 1 is 1.53 bits per heavy atom. The van der Waals surface area contributed by atoms with Gasteiger partial charge in [-0.25, -0.2) is 0 Å². The summed E-state index contributed by atoms with van der Waals surface area (Å²) in [5, 5.41) is 19.9. The summed E-state index contributed by atoms with van der Waals surface area (Å²) in [4.78, 5) is 23.4. The van der Waals surface area contributed by atoms with Crippen LogP contribution >= 0.6 is 11.6 Å². The first-order valence-electron chi connectivity index (χ1n) is 4.91. The number of hydrogen-bond acceptors (Lipinski definition) is 4. The van der Waals surface area contributed by atoms with Gasteiger partial charge in [-0.15, -0.1) is 0 Å². The van der Waals surface area contributed by atoms with Gasteiger partial charge >= 0.3 is 5.69 Å². The van der Waals surface area contributed by atoms with Gasteiger partial charge in [0, 0.05) is 13.1 Å². The normalized spacial score (nSPS) is 15.5. The summed E-state index contributed by atoms with van der Waals surface area (Å²) < 4.78 is 0. The molecule has 90 valence electrons. The van der Waals surface area contributed by atoms with Crippen molar-refractivity contribution in [3.8, 4) is 0 Å². The van der Waals surface area contributed by atoms with Crippen molar-refractivity contribution in [1.29, 1.82) is 0 Å². The first-order valence-corrected chi connectivity index (χ1v) is 5.28. The SMILES string of the molecule is O=C(c1cccc(Cl)c1[N+](=O)[O-])N1CC(O)C1.